The predicted molar refractivity (Wildman–Crippen MR) is 365 cm³/mol. The fraction of sp³-hybridized carbons (Fsp3) is 0.493. The minimum absolute atomic E-state index is 0.0805. The van der Waals surface area contributed by atoms with Gasteiger partial charge in [-0.25, -0.2) is 14.4 Å². The molecule has 5 N–H and O–H groups in total. The summed E-state index contributed by atoms with van der Waals surface area (Å²) < 4.78 is 16.7. The number of urea groups is 1. The number of para-hydroxylation sites is 1. The van der Waals surface area contributed by atoms with Gasteiger partial charge in [0.1, 0.15) is 30.1 Å². The van der Waals surface area contributed by atoms with E-state index in [1.807, 2.05) is 97.0 Å². The number of nitrogens with two attached hydrogens (primary N) is 1. The maximum atomic E-state index is 15.0. The number of hydrogen-bond acceptors (Lipinski definition) is 13. The molecule has 1 unspecified atom stereocenters. The maximum absolute atomic E-state index is 15.0. The number of primary amides is 1. The number of ether oxygens (including phenoxy) is 3. The van der Waals surface area contributed by atoms with Crippen molar-refractivity contribution in [1.82, 2.24) is 25.8 Å². The third kappa shape index (κ3) is 22.5. The molecule has 20 heteroatoms. The van der Waals surface area contributed by atoms with Crippen LogP contribution in [0, 0.1) is 35.0 Å². The van der Waals surface area contributed by atoms with Crippen LogP contribution in [0.2, 0.25) is 0 Å². The van der Waals surface area contributed by atoms with Crippen molar-refractivity contribution in [3.63, 3.8) is 0 Å². The molecule has 4 aromatic carbocycles. The number of anilines is 1. The zero-order valence-electron chi connectivity index (χ0n) is 58.4. The lowest BCUT2D eigenvalue weighted by Gasteiger charge is -2.42. The molecule has 0 radical (unpaired) electrons. The van der Waals surface area contributed by atoms with Gasteiger partial charge in [-0.2, -0.15) is 0 Å². The second kappa shape index (κ2) is 34.3. The Morgan fingerprint density at radius 3 is 1.96 bits per heavy atom. The molecule has 0 saturated heterocycles. The summed E-state index contributed by atoms with van der Waals surface area (Å²) >= 11 is 0. The Labute approximate surface area is 561 Å². The van der Waals surface area contributed by atoms with E-state index in [0.717, 1.165) is 11.1 Å². The van der Waals surface area contributed by atoms with Crippen molar-refractivity contribution < 1.29 is 62.2 Å². The smallest absolute Gasteiger partial charge is 0.410 e. The number of amides is 7. The van der Waals surface area contributed by atoms with Gasteiger partial charge in [-0.15, -0.1) is 0 Å². The van der Waals surface area contributed by atoms with E-state index in [2.05, 4.69) is 27.8 Å². The Bertz CT molecular complexity index is 3510. The first kappa shape index (κ1) is 76.6. The summed E-state index contributed by atoms with van der Waals surface area (Å²) in [6.45, 7) is 25.5. The first-order valence-corrected chi connectivity index (χ1v) is 32.6. The van der Waals surface area contributed by atoms with Gasteiger partial charge >= 0.3 is 24.1 Å². The summed E-state index contributed by atoms with van der Waals surface area (Å²) in [5.41, 5.74) is 8.12. The number of benzene rings is 4. The number of nitrogens with zero attached hydrogens (tertiary/aromatic N) is 3. The molecule has 95 heavy (non-hydrogen) atoms. The van der Waals surface area contributed by atoms with E-state index >= 15 is 4.79 Å². The highest BCUT2D eigenvalue weighted by atomic mass is 16.6. The van der Waals surface area contributed by atoms with E-state index in [-0.39, 0.29) is 94.1 Å². The van der Waals surface area contributed by atoms with Crippen molar-refractivity contribution in [3.8, 4) is 11.8 Å². The number of ketones is 2. The Balaban J connectivity index is 1.25. The molecule has 0 spiro atoms. The molecule has 20 nitrogen and oxygen atoms in total. The molecule has 1 aliphatic rings. The molecule has 0 bridgehead atoms. The number of rotatable bonds is 30. The van der Waals surface area contributed by atoms with Gasteiger partial charge in [0.2, 0.25) is 23.6 Å². The Morgan fingerprint density at radius 1 is 0.705 bits per heavy atom. The SMILES string of the molecule is CCOC(=O)/C(C)=C/[C@H](C(C)C)N(C)C(=O)[C@@H](NC(=O)C(N(C)C(=O)OC(C)(C)C)C(C)(C)c1cccc(CC(=O)OCc2ccc(CC(=O)[C@H](CCCNC(N)=O)NC(=O)[C@@H](CC(=O)CCC(=O)N3Cc4ccccc4C#Cc4ccccc43)C(C)C)cc2)c1)C(C)(C)C. The summed E-state index contributed by atoms with van der Waals surface area (Å²) in [5, 5.41) is 8.44. The van der Waals surface area contributed by atoms with E-state index in [4.69, 9.17) is 19.9 Å². The highest BCUT2D eigenvalue weighted by Gasteiger charge is 2.46. The number of fused-ring (bicyclic) bond motifs is 2. The molecule has 1 aliphatic heterocycles. The van der Waals surface area contributed by atoms with Crippen LogP contribution in [0.1, 0.15) is 168 Å². The average molecular weight is 1310 g/mol. The van der Waals surface area contributed by atoms with E-state index in [1.54, 1.807) is 115 Å². The standard InChI is InChI=1S/C75H99N7O13/c1-17-93-70(90)49(6)40-61(48(4)5)80(15)69(89)65(73(7,8)9)79-68(88)66(81(16)72(92)95-74(10,11)12)75(13,14)56-28-22-24-52(41-56)43-64(86)94-46-51-33-31-50(32-34-51)42-62(84)59(29-23-39-77-71(76)91)78-67(87)58(47(2)3)44-57(83)37-38-63(85)82-45-55-27-19-18-25-53(55)35-36-54-26-20-21-30-60(54)82/h18-22,24-28,30-34,40-41,47-48,58-59,61,65-66H,17,23,29,37-39,42-46H2,1-16H3,(H,78,87)(H,79,88)(H3,76,77,91)/b49-40+/t58-,59-,61+,65+,66?/m0/s1. The Morgan fingerprint density at radius 2 is 1.34 bits per heavy atom. The Hall–Kier alpha value is -9.12. The van der Waals surface area contributed by atoms with Gasteiger partial charge < -0.3 is 45.7 Å². The number of Topliss-reactive ketones (excluding diaryl/α,β-unsaturated/α-hetero) is 2. The normalized spacial score (nSPS) is 13.9. The van der Waals surface area contributed by atoms with Crippen LogP contribution in [-0.2, 0) is 84.0 Å². The molecule has 0 aliphatic carbocycles. The fourth-order valence-electron chi connectivity index (χ4n) is 11.3. The molecule has 1 heterocycles. The van der Waals surface area contributed by atoms with Crippen molar-refractivity contribution in [1.29, 1.82) is 0 Å². The van der Waals surface area contributed by atoms with Gasteiger partial charge in [0.25, 0.3) is 0 Å². The van der Waals surface area contributed by atoms with E-state index < -0.39 is 88.3 Å². The zero-order valence-corrected chi connectivity index (χ0v) is 58.4. The van der Waals surface area contributed by atoms with Crippen molar-refractivity contribution in [2.75, 3.05) is 32.1 Å². The molecular formula is C75H99N7O13. The van der Waals surface area contributed by atoms with E-state index in [9.17, 15) is 43.2 Å². The van der Waals surface area contributed by atoms with Gasteiger partial charge in [-0.3, -0.25) is 38.5 Å². The first-order chi connectivity index (χ1) is 44.5. The van der Waals surface area contributed by atoms with Crippen LogP contribution in [0.4, 0.5) is 15.3 Å². The Kier molecular flexibility index (Phi) is 27.7. The summed E-state index contributed by atoms with van der Waals surface area (Å²) in [6, 6.07) is 24.3. The number of nitrogens with one attached hydrogen (secondary N) is 3. The van der Waals surface area contributed by atoms with Crippen LogP contribution in [0.3, 0.4) is 0 Å². The molecular weight excluding hydrogens is 1210 g/mol. The van der Waals surface area contributed by atoms with Gasteiger partial charge in [0.15, 0.2) is 5.78 Å². The fourth-order valence-corrected chi connectivity index (χ4v) is 11.3. The lowest BCUT2D eigenvalue weighted by atomic mass is 9.75. The van der Waals surface area contributed by atoms with Gasteiger partial charge in [0.05, 0.1) is 37.3 Å². The van der Waals surface area contributed by atoms with Crippen LogP contribution in [0.15, 0.2) is 109 Å². The van der Waals surface area contributed by atoms with Crippen LogP contribution >= 0.6 is 0 Å². The molecule has 7 amide bonds. The molecule has 5 rings (SSSR count). The number of likely N-dealkylation sites (N-methyl/N-ethyl adjacent to an activating group) is 2. The molecule has 0 aromatic heterocycles. The minimum atomic E-state index is -1.27. The molecule has 0 fully saturated rings. The van der Waals surface area contributed by atoms with E-state index in [0.29, 0.717) is 45.5 Å². The third-order valence-electron chi connectivity index (χ3n) is 16.8. The van der Waals surface area contributed by atoms with Crippen molar-refractivity contribution in [2.45, 2.75) is 190 Å². The third-order valence-corrected chi connectivity index (χ3v) is 16.8. The van der Waals surface area contributed by atoms with Crippen LogP contribution in [-0.4, -0.2) is 126 Å². The second-order valence-electron chi connectivity index (χ2n) is 27.8. The lowest BCUT2D eigenvalue weighted by molar-refractivity contribution is -0.144. The van der Waals surface area contributed by atoms with Gasteiger partial charge in [-0.1, -0.05) is 159 Å². The zero-order chi connectivity index (χ0) is 70.7. The summed E-state index contributed by atoms with van der Waals surface area (Å²) in [5.74, 6) is 1.68. The quantitative estimate of drug-likeness (QED) is 0.0125. The minimum Gasteiger partial charge on any atom is -0.463 e. The van der Waals surface area contributed by atoms with Crippen molar-refractivity contribution >= 4 is 64.9 Å². The van der Waals surface area contributed by atoms with Gasteiger partial charge in [-0.05, 0) is 111 Å². The number of esters is 2. The highest BCUT2D eigenvalue weighted by molar-refractivity contribution is 5.98. The highest BCUT2D eigenvalue weighted by Crippen LogP contribution is 2.34. The molecule has 4 aromatic rings. The summed E-state index contributed by atoms with van der Waals surface area (Å²) in [6.07, 6.45) is 0.805. The van der Waals surface area contributed by atoms with Crippen LogP contribution < -0.4 is 26.6 Å². The number of carbonyl (C=O) groups excluding carboxylic acids is 10. The van der Waals surface area contributed by atoms with E-state index in [1.165, 1.54) is 16.8 Å². The maximum Gasteiger partial charge on any atom is 0.410 e. The van der Waals surface area contributed by atoms with Crippen LogP contribution in [0.5, 0.6) is 0 Å². The average Bonchev–Trinajstić information content (AvgIpc) is 0.779. The lowest BCUT2D eigenvalue weighted by Crippen LogP contribution is -2.63. The second-order valence-corrected chi connectivity index (χ2v) is 27.8. The molecule has 0 saturated carbocycles. The molecule has 5 atom stereocenters. The topological polar surface area (TPSA) is 270 Å². The predicted octanol–water partition coefficient (Wildman–Crippen LogP) is 10.0. The van der Waals surface area contributed by atoms with Gasteiger partial charge in [0, 0.05) is 74.4 Å². The van der Waals surface area contributed by atoms with Crippen molar-refractivity contribution in [3.05, 3.63) is 148 Å². The van der Waals surface area contributed by atoms with Crippen LogP contribution in [0.25, 0.3) is 0 Å². The number of hydrogen-bond donors (Lipinski definition) is 4. The monoisotopic (exact) mass is 1310 g/mol. The number of carbonyl (C=O) groups is 10. The molecule has 512 valence electrons. The summed E-state index contributed by atoms with van der Waals surface area (Å²) in [7, 11) is 3.09. The van der Waals surface area contributed by atoms with Crippen molar-refractivity contribution in [2.24, 2.45) is 28.9 Å². The first-order valence-electron chi connectivity index (χ1n) is 32.6. The summed E-state index contributed by atoms with van der Waals surface area (Å²) in [4.78, 5) is 142. The largest absolute Gasteiger partial charge is 0.463 e.